The zero-order valence-corrected chi connectivity index (χ0v) is 9.96. The van der Waals surface area contributed by atoms with Gasteiger partial charge in [0, 0.05) is 13.1 Å². The van der Waals surface area contributed by atoms with E-state index in [1.165, 1.54) is 0 Å². The smallest absolute Gasteiger partial charge is 0.206 e. The van der Waals surface area contributed by atoms with Crippen LogP contribution in [-0.2, 0) is 14.6 Å². The Kier molecular flexibility index (Phi) is 3.28. The van der Waals surface area contributed by atoms with E-state index in [1.54, 1.807) is 24.3 Å². The van der Waals surface area contributed by atoms with Crippen LogP contribution in [0.4, 0.5) is 0 Å². The lowest BCUT2D eigenvalue weighted by Gasteiger charge is -2.23. The zero-order chi connectivity index (χ0) is 11.6. The molecule has 1 saturated heterocycles. The Bertz CT molecular complexity index is 447. The van der Waals surface area contributed by atoms with Crippen molar-refractivity contribution in [2.24, 2.45) is 0 Å². The van der Waals surface area contributed by atoms with E-state index in [1.807, 2.05) is 6.92 Å². The number of ether oxygens (including phenoxy) is 1. The van der Waals surface area contributed by atoms with Crippen molar-refractivity contribution in [1.29, 1.82) is 0 Å². The van der Waals surface area contributed by atoms with Crippen molar-refractivity contribution in [3.05, 3.63) is 29.8 Å². The molecule has 1 aliphatic heterocycles. The van der Waals surface area contributed by atoms with E-state index in [4.69, 9.17) is 4.74 Å². The zero-order valence-electron chi connectivity index (χ0n) is 9.14. The molecule has 0 saturated carbocycles. The average molecular weight is 241 g/mol. The van der Waals surface area contributed by atoms with E-state index < -0.39 is 15.3 Å². The van der Waals surface area contributed by atoms with Crippen LogP contribution in [0.2, 0.25) is 0 Å². The van der Waals surface area contributed by atoms with E-state index in [-0.39, 0.29) is 0 Å². The molecule has 1 unspecified atom stereocenters. The lowest BCUT2D eigenvalue weighted by Crippen LogP contribution is -2.42. The maximum absolute atomic E-state index is 12.1. The molecule has 0 aliphatic carbocycles. The first kappa shape index (κ1) is 11.6. The molecule has 1 heterocycles. The molecule has 88 valence electrons. The third-order valence-corrected chi connectivity index (χ3v) is 4.51. The van der Waals surface area contributed by atoms with Gasteiger partial charge in [0.15, 0.2) is 5.44 Å². The predicted molar refractivity (Wildman–Crippen MR) is 61.0 cm³/mol. The van der Waals surface area contributed by atoms with Crippen molar-refractivity contribution >= 4 is 9.84 Å². The van der Waals surface area contributed by atoms with Crippen LogP contribution in [0.3, 0.4) is 0 Å². The van der Waals surface area contributed by atoms with Crippen molar-refractivity contribution in [1.82, 2.24) is 5.32 Å². The molecule has 1 aliphatic rings. The first-order valence-corrected chi connectivity index (χ1v) is 6.78. The molecule has 0 amide bonds. The summed E-state index contributed by atoms with van der Waals surface area (Å²) >= 11 is 0. The summed E-state index contributed by atoms with van der Waals surface area (Å²) in [4.78, 5) is 0.326. The Morgan fingerprint density at radius 3 is 2.56 bits per heavy atom. The largest absolute Gasteiger partial charge is 0.359 e. The Morgan fingerprint density at radius 1 is 1.31 bits per heavy atom. The molecule has 0 bridgehead atoms. The van der Waals surface area contributed by atoms with Crippen LogP contribution in [0, 0.1) is 6.92 Å². The van der Waals surface area contributed by atoms with Crippen molar-refractivity contribution < 1.29 is 13.2 Å². The number of aryl methyl sites for hydroxylation is 1. The Balaban J connectivity index is 2.27. The van der Waals surface area contributed by atoms with Gasteiger partial charge in [0.05, 0.1) is 11.5 Å². The SMILES string of the molecule is Cc1ccc(S(=O)(=O)C2CNCCO2)cc1. The molecule has 2 rings (SSSR count). The van der Waals surface area contributed by atoms with E-state index in [2.05, 4.69) is 5.32 Å². The Hall–Kier alpha value is -0.910. The van der Waals surface area contributed by atoms with Gasteiger partial charge >= 0.3 is 0 Å². The van der Waals surface area contributed by atoms with Crippen LogP contribution in [0.15, 0.2) is 29.2 Å². The highest BCUT2D eigenvalue weighted by Gasteiger charge is 2.29. The fraction of sp³-hybridized carbons (Fsp3) is 0.455. The lowest BCUT2D eigenvalue weighted by molar-refractivity contribution is 0.0785. The minimum Gasteiger partial charge on any atom is -0.359 e. The second-order valence-electron chi connectivity index (χ2n) is 3.86. The van der Waals surface area contributed by atoms with Crippen molar-refractivity contribution in [3.63, 3.8) is 0 Å². The molecule has 4 nitrogen and oxygen atoms in total. The third kappa shape index (κ3) is 2.26. The van der Waals surface area contributed by atoms with Gasteiger partial charge in [-0.1, -0.05) is 17.7 Å². The molecule has 1 atom stereocenters. The van der Waals surface area contributed by atoms with Crippen molar-refractivity contribution in [2.45, 2.75) is 17.3 Å². The topological polar surface area (TPSA) is 55.4 Å². The molecule has 0 radical (unpaired) electrons. The third-order valence-electron chi connectivity index (χ3n) is 2.59. The quantitative estimate of drug-likeness (QED) is 0.828. The van der Waals surface area contributed by atoms with Gasteiger partial charge in [-0.3, -0.25) is 0 Å². The van der Waals surface area contributed by atoms with Crippen LogP contribution < -0.4 is 5.32 Å². The van der Waals surface area contributed by atoms with Gasteiger partial charge in [-0.05, 0) is 19.1 Å². The maximum Gasteiger partial charge on any atom is 0.206 e. The van der Waals surface area contributed by atoms with Crippen LogP contribution in [0.25, 0.3) is 0 Å². The molecule has 1 fully saturated rings. The minimum atomic E-state index is -3.36. The Labute approximate surface area is 95.5 Å². The van der Waals surface area contributed by atoms with Gasteiger partial charge in [-0.2, -0.15) is 0 Å². The summed E-state index contributed by atoms with van der Waals surface area (Å²) in [5, 5.41) is 3.02. The number of hydrogen-bond acceptors (Lipinski definition) is 4. The van der Waals surface area contributed by atoms with Gasteiger partial charge in [0.25, 0.3) is 0 Å². The maximum atomic E-state index is 12.1. The van der Waals surface area contributed by atoms with Crippen molar-refractivity contribution in [3.8, 4) is 0 Å². The van der Waals surface area contributed by atoms with Gasteiger partial charge < -0.3 is 10.1 Å². The standard InChI is InChI=1S/C11H15NO3S/c1-9-2-4-10(5-3-9)16(13,14)11-8-12-6-7-15-11/h2-5,11-12H,6-8H2,1H3. The summed E-state index contributed by atoms with van der Waals surface area (Å²) in [6, 6.07) is 6.84. The summed E-state index contributed by atoms with van der Waals surface area (Å²) in [6.45, 7) is 3.43. The summed E-state index contributed by atoms with van der Waals surface area (Å²) in [6.07, 6.45) is 0. The van der Waals surface area contributed by atoms with E-state index in [0.717, 1.165) is 5.56 Å². The number of sulfone groups is 1. The van der Waals surface area contributed by atoms with Gasteiger partial charge in [0.1, 0.15) is 0 Å². The normalized spacial score (nSPS) is 21.9. The molecular formula is C11H15NO3S. The van der Waals surface area contributed by atoms with E-state index >= 15 is 0 Å². The molecule has 16 heavy (non-hydrogen) atoms. The monoisotopic (exact) mass is 241 g/mol. The van der Waals surface area contributed by atoms with Gasteiger partial charge in [-0.25, -0.2) is 8.42 Å². The highest BCUT2D eigenvalue weighted by Crippen LogP contribution is 2.18. The highest BCUT2D eigenvalue weighted by molar-refractivity contribution is 7.92. The second kappa shape index (κ2) is 4.53. The number of rotatable bonds is 2. The molecule has 1 aromatic rings. The van der Waals surface area contributed by atoms with Gasteiger partial charge in [-0.15, -0.1) is 0 Å². The number of hydrogen-bond donors (Lipinski definition) is 1. The van der Waals surface area contributed by atoms with Crippen LogP contribution >= 0.6 is 0 Å². The van der Waals surface area contributed by atoms with Crippen LogP contribution in [0.1, 0.15) is 5.56 Å². The first-order chi connectivity index (χ1) is 7.60. The van der Waals surface area contributed by atoms with Crippen molar-refractivity contribution in [2.75, 3.05) is 19.7 Å². The summed E-state index contributed by atoms with van der Waals surface area (Å²) < 4.78 is 29.5. The van der Waals surface area contributed by atoms with Crippen LogP contribution in [-0.4, -0.2) is 33.6 Å². The minimum absolute atomic E-state index is 0.326. The highest BCUT2D eigenvalue weighted by atomic mass is 32.2. The average Bonchev–Trinajstić information content (AvgIpc) is 2.31. The summed E-state index contributed by atoms with van der Waals surface area (Å²) in [7, 11) is -3.36. The lowest BCUT2D eigenvalue weighted by atomic mass is 10.2. The molecule has 0 aromatic heterocycles. The number of benzene rings is 1. The summed E-state index contributed by atoms with van der Waals surface area (Å²) in [5.74, 6) is 0. The molecular weight excluding hydrogens is 226 g/mol. The van der Waals surface area contributed by atoms with Gasteiger partial charge in [0.2, 0.25) is 9.84 Å². The molecule has 1 N–H and O–H groups in total. The number of nitrogens with one attached hydrogen (secondary N) is 1. The Morgan fingerprint density at radius 2 is 2.00 bits per heavy atom. The second-order valence-corrected chi connectivity index (χ2v) is 5.95. The molecule has 1 aromatic carbocycles. The number of morpholine rings is 1. The van der Waals surface area contributed by atoms with E-state index in [0.29, 0.717) is 24.6 Å². The fourth-order valence-electron chi connectivity index (χ4n) is 1.62. The van der Waals surface area contributed by atoms with Crippen LogP contribution in [0.5, 0.6) is 0 Å². The summed E-state index contributed by atoms with van der Waals surface area (Å²) in [5.41, 5.74) is 0.283. The molecule has 0 spiro atoms. The van der Waals surface area contributed by atoms with E-state index in [9.17, 15) is 8.42 Å². The fourth-order valence-corrected chi connectivity index (χ4v) is 3.05. The predicted octanol–water partition coefficient (Wildman–Crippen LogP) is 0.715. The molecule has 5 heteroatoms. The first-order valence-electron chi connectivity index (χ1n) is 5.23.